The Morgan fingerprint density at radius 1 is 1.37 bits per heavy atom. The summed E-state index contributed by atoms with van der Waals surface area (Å²) in [6, 6.07) is 4.78. The maximum Gasteiger partial charge on any atom is 0.250 e. The quantitative estimate of drug-likeness (QED) is 0.731. The summed E-state index contributed by atoms with van der Waals surface area (Å²) in [4.78, 5) is 0.353. The van der Waals surface area contributed by atoms with E-state index in [4.69, 9.17) is 14.7 Å². The second kappa shape index (κ2) is 7.57. The van der Waals surface area contributed by atoms with Gasteiger partial charge in [0.2, 0.25) is 10.0 Å². The first-order chi connectivity index (χ1) is 9.03. The van der Waals surface area contributed by atoms with E-state index in [0.29, 0.717) is 18.1 Å². The van der Waals surface area contributed by atoms with Crippen molar-refractivity contribution in [3.05, 3.63) is 17.0 Å². The number of ether oxygens (including phenoxy) is 2. The first-order valence-corrected chi connectivity index (χ1v) is 8.06. The van der Waals surface area contributed by atoms with E-state index >= 15 is 0 Å². The van der Waals surface area contributed by atoms with Crippen LogP contribution in [-0.4, -0.2) is 34.5 Å². The van der Waals surface area contributed by atoms with Crippen LogP contribution in [0.2, 0.25) is 0 Å². The number of nitriles is 1. The summed E-state index contributed by atoms with van der Waals surface area (Å²) >= 11 is 0.925. The fourth-order valence-electron chi connectivity index (χ4n) is 1.31. The summed E-state index contributed by atoms with van der Waals surface area (Å²) < 4.78 is 36.9. The molecule has 0 radical (unpaired) electrons. The molecule has 0 amide bonds. The lowest BCUT2D eigenvalue weighted by Crippen LogP contribution is -2.35. The Morgan fingerprint density at radius 2 is 2.00 bits per heavy atom. The molecule has 1 N–H and O–H groups in total. The third kappa shape index (κ3) is 4.89. The Kier molecular flexibility index (Phi) is 6.41. The molecule has 0 saturated carbocycles. The Morgan fingerprint density at radius 3 is 2.47 bits per heavy atom. The summed E-state index contributed by atoms with van der Waals surface area (Å²) in [5.41, 5.74) is 0. The van der Waals surface area contributed by atoms with Gasteiger partial charge in [-0.25, -0.2) is 13.1 Å². The number of hydrogen-bond acceptors (Lipinski definition) is 6. The zero-order valence-electron chi connectivity index (χ0n) is 10.8. The lowest BCUT2D eigenvalue weighted by Gasteiger charge is -2.17. The molecular formula is C11H16N2O4S2. The molecule has 0 unspecified atom stereocenters. The SMILES string of the molecule is CCOC(CNS(=O)(=O)c1ccc(C#N)s1)OCC. The average molecular weight is 304 g/mol. The summed E-state index contributed by atoms with van der Waals surface area (Å²) in [5, 5.41) is 8.68. The molecule has 1 heterocycles. The molecule has 0 atom stereocenters. The second-order valence-electron chi connectivity index (χ2n) is 3.42. The van der Waals surface area contributed by atoms with Crippen LogP contribution in [0.15, 0.2) is 16.3 Å². The van der Waals surface area contributed by atoms with Crippen LogP contribution in [0, 0.1) is 11.3 Å². The zero-order chi connectivity index (χ0) is 14.3. The summed E-state index contributed by atoms with van der Waals surface area (Å²) in [6.45, 7) is 4.51. The van der Waals surface area contributed by atoms with Crippen molar-refractivity contribution in [2.75, 3.05) is 19.8 Å². The van der Waals surface area contributed by atoms with Crippen LogP contribution in [0.25, 0.3) is 0 Å². The molecule has 0 aromatic carbocycles. The average Bonchev–Trinajstić information content (AvgIpc) is 2.86. The van der Waals surface area contributed by atoms with Crippen molar-refractivity contribution in [3.8, 4) is 6.07 Å². The van der Waals surface area contributed by atoms with Crippen LogP contribution in [-0.2, 0) is 19.5 Å². The molecule has 0 fully saturated rings. The highest BCUT2D eigenvalue weighted by molar-refractivity contribution is 7.91. The highest BCUT2D eigenvalue weighted by Gasteiger charge is 2.19. The van der Waals surface area contributed by atoms with Crippen molar-refractivity contribution in [2.45, 2.75) is 24.3 Å². The maximum atomic E-state index is 12.0. The Labute approximate surface area is 117 Å². The van der Waals surface area contributed by atoms with E-state index in [2.05, 4.69) is 4.72 Å². The van der Waals surface area contributed by atoms with E-state index in [1.807, 2.05) is 6.07 Å². The largest absolute Gasteiger partial charge is 0.352 e. The predicted molar refractivity (Wildman–Crippen MR) is 71.3 cm³/mol. The van der Waals surface area contributed by atoms with E-state index in [9.17, 15) is 8.42 Å². The van der Waals surface area contributed by atoms with Crippen molar-refractivity contribution >= 4 is 21.4 Å². The molecule has 8 heteroatoms. The maximum absolute atomic E-state index is 12.0. The molecule has 6 nitrogen and oxygen atoms in total. The summed E-state index contributed by atoms with van der Waals surface area (Å²) in [5.74, 6) is 0. The van der Waals surface area contributed by atoms with Crippen LogP contribution < -0.4 is 4.72 Å². The molecule has 106 valence electrons. The van der Waals surface area contributed by atoms with Crippen LogP contribution >= 0.6 is 11.3 Å². The van der Waals surface area contributed by atoms with Crippen molar-refractivity contribution in [1.82, 2.24) is 4.72 Å². The van der Waals surface area contributed by atoms with Crippen molar-refractivity contribution in [2.24, 2.45) is 0 Å². The molecule has 0 aliphatic carbocycles. The fourth-order valence-corrected chi connectivity index (χ4v) is 3.48. The Balaban J connectivity index is 2.66. The van der Waals surface area contributed by atoms with E-state index in [1.54, 1.807) is 13.8 Å². The van der Waals surface area contributed by atoms with Gasteiger partial charge in [0, 0.05) is 13.2 Å². The van der Waals surface area contributed by atoms with Crippen LogP contribution in [0.3, 0.4) is 0 Å². The Hall–Kier alpha value is -0.980. The van der Waals surface area contributed by atoms with E-state index in [0.717, 1.165) is 11.3 Å². The number of thiophene rings is 1. The lowest BCUT2D eigenvalue weighted by atomic mass is 10.5. The fraction of sp³-hybridized carbons (Fsp3) is 0.545. The molecular weight excluding hydrogens is 288 g/mol. The van der Waals surface area contributed by atoms with Gasteiger partial charge in [-0.15, -0.1) is 11.3 Å². The van der Waals surface area contributed by atoms with E-state index < -0.39 is 16.3 Å². The first kappa shape index (κ1) is 16.1. The molecule has 0 saturated heterocycles. The number of nitrogens with one attached hydrogen (secondary N) is 1. The van der Waals surface area contributed by atoms with Crippen molar-refractivity contribution in [1.29, 1.82) is 5.26 Å². The van der Waals surface area contributed by atoms with Gasteiger partial charge in [0.05, 0.1) is 6.54 Å². The monoisotopic (exact) mass is 304 g/mol. The molecule has 0 aliphatic rings. The van der Waals surface area contributed by atoms with E-state index in [-0.39, 0.29) is 10.8 Å². The van der Waals surface area contributed by atoms with Crippen LogP contribution in [0.5, 0.6) is 0 Å². The summed E-state index contributed by atoms with van der Waals surface area (Å²) in [6.07, 6.45) is -0.611. The van der Waals surface area contributed by atoms with Gasteiger partial charge >= 0.3 is 0 Å². The molecule has 1 rings (SSSR count). The number of rotatable bonds is 8. The minimum absolute atomic E-state index is 0.0315. The minimum Gasteiger partial charge on any atom is -0.352 e. The minimum atomic E-state index is -3.62. The second-order valence-corrected chi connectivity index (χ2v) is 6.50. The smallest absolute Gasteiger partial charge is 0.250 e. The molecule has 19 heavy (non-hydrogen) atoms. The molecule has 1 aromatic rings. The van der Waals surface area contributed by atoms with E-state index in [1.165, 1.54) is 12.1 Å². The molecule has 0 bridgehead atoms. The highest BCUT2D eigenvalue weighted by Crippen LogP contribution is 2.20. The lowest BCUT2D eigenvalue weighted by molar-refractivity contribution is -0.130. The molecule has 1 aromatic heterocycles. The zero-order valence-corrected chi connectivity index (χ0v) is 12.4. The van der Waals surface area contributed by atoms with Crippen molar-refractivity contribution in [3.63, 3.8) is 0 Å². The third-order valence-electron chi connectivity index (χ3n) is 2.10. The van der Waals surface area contributed by atoms with Gasteiger partial charge in [-0.05, 0) is 26.0 Å². The number of nitrogens with zero attached hydrogens (tertiary/aromatic N) is 1. The van der Waals surface area contributed by atoms with Gasteiger partial charge in [0.15, 0.2) is 6.29 Å². The topological polar surface area (TPSA) is 88.4 Å². The molecule has 0 spiro atoms. The van der Waals surface area contributed by atoms with Gasteiger partial charge < -0.3 is 9.47 Å². The normalized spacial score (nSPS) is 11.7. The Bertz CT molecular complexity index is 527. The molecule has 0 aliphatic heterocycles. The van der Waals surface area contributed by atoms with Crippen LogP contribution in [0.4, 0.5) is 0 Å². The number of hydrogen-bond donors (Lipinski definition) is 1. The van der Waals surface area contributed by atoms with Gasteiger partial charge in [0.1, 0.15) is 15.2 Å². The summed E-state index contributed by atoms with van der Waals surface area (Å²) in [7, 11) is -3.62. The van der Waals surface area contributed by atoms with Gasteiger partial charge in [-0.2, -0.15) is 5.26 Å². The third-order valence-corrected chi connectivity index (χ3v) is 5.01. The van der Waals surface area contributed by atoms with Crippen molar-refractivity contribution < 1.29 is 17.9 Å². The first-order valence-electron chi connectivity index (χ1n) is 5.76. The highest BCUT2D eigenvalue weighted by atomic mass is 32.2. The predicted octanol–water partition coefficient (Wildman–Crippen LogP) is 1.30. The van der Waals surface area contributed by atoms with Gasteiger partial charge in [0.25, 0.3) is 0 Å². The standard InChI is InChI=1S/C11H16N2O4S2/c1-3-16-10(17-4-2)8-13-19(14,15)11-6-5-9(7-12)18-11/h5-6,10,13H,3-4,8H2,1-2H3. The van der Waals surface area contributed by atoms with Gasteiger partial charge in [-0.1, -0.05) is 0 Å². The van der Waals surface area contributed by atoms with Crippen LogP contribution in [0.1, 0.15) is 18.7 Å². The van der Waals surface area contributed by atoms with Gasteiger partial charge in [-0.3, -0.25) is 0 Å². The number of sulfonamides is 1.